The van der Waals surface area contributed by atoms with Gasteiger partial charge in [-0.15, -0.1) is 0 Å². The normalized spacial score (nSPS) is 14.5. The van der Waals surface area contributed by atoms with Crippen LogP contribution in [0.3, 0.4) is 0 Å². The number of aryl methyl sites for hydroxylation is 1. The fourth-order valence-corrected chi connectivity index (χ4v) is 3.03. The summed E-state index contributed by atoms with van der Waals surface area (Å²) in [5, 5.41) is 3.28. The van der Waals surface area contributed by atoms with E-state index in [2.05, 4.69) is 10.2 Å². The highest BCUT2D eigenvalue weighted by Crippen LogP contribution is 2.31. The summed E-state index contributed by atoms with van der Waals surface area (Å²) in [6.45, 7) is 5.06. The van der Waals surface area contributed by atoms with Gasteiger partial charge in [-0.3, -0.25) is 4.79 Å². The van der Waals surface area contributed by atoms with Crippen molar-refractivity contribution in [3.05, 3.63) is 52.5 Å². The molecule has 2 aromatic rings. The average Bonchev–Trinajstić information content (AvgIpc) is 2.58. The van der Waals surface area contributed by atoms with Crippen LogP contribution in [0.5, 0.6) is 0 Å². The number of morpholine rings is 1. The second-order valence-electron chi connectivity index (χ2n) is 5.76. The van der Waals surface area contributed by atoms with Crippen LogP contribution in [0, 0.1) is 6.92 Å². The number of anilines is 3. The maximum atomic E-state index is 12.5. The average molecular weight is 346 g/mol. The monoisotopic (exact) mass is 345 g/mol. The molecule has 1 heterocycles. The van der Waals surface area contributed by atoms with Crippen molar-refractivity contribution in [1.82, 2.24) is 0 Å². The lowest BCUT2D eigenvalue weighted by Gasteiger charge is -2.30. The first-order valence-electron chi connectivity index (χ1n) is 7.85. The van der Waals surface area contributed by atoms with Crippen molar-refractivity contribution in [2.75, 3.05) is 42.3 Å². The summed E-state index contributed by atoms with van der Waals surface area (Å²) in [6.07, 6.45) is 0. The first-order valence-corrected chi connectivity index (χ1v) is 8.23. The minimum Gasteiger partial charge on any atom is -0.397 e. The third kappa shape index (κ3) is 3.47. The number of nitrogen functional groups attached to an aromatic ring is 1. The Morgan fingerprint density at radius 2 is 1.96 bits per heavy atom. The maximum Gasteiger partial charge on any atom is 0.257 e. The number of ether oxygens (including phenoxy) is 1. The number of nitrogens with two attached hydrogens (primary N) is 1. The Bertz CT molecular complexity index is 758. The highest BCUT2D eigenvalue weighted by Gasteiger charge is 2.17. The molecule has 5 nitrogen and oxygen atoms in total. The maximum absolute atomic E-state index is 12.5. The quantitative estimate of drug-likeness (QED) is 0.837. The second kappa shape index (κ2) is 7.11. The molecule has 0 saturated carbocycles. The van der Waals surface area contributed by atoms with E-state index in [1.165, 1.54) is 0 Å². The molecule has 3 N–H and O–H groups in total. The Kier molecular flexibility index (Phi) is 4.92. The third-order valence-electron chi connectivity index (χ3n) is 4.09. The van der Waals surface area contributed by atoms with Crippen molar-refractivity contribution < 1.29 is 9.53 Å². The molecule has 126 valence electrons. The zero-order valence-corrected chi connectivity index (χ0v) is 14.3. The number of amides is 1. The van der Waals surface area contributed by atoms with Crippen LogP contribution in [0.2, 0.25) is 5.02 Å². The van der Waals surface area contributed by atoms with Gasteiger partial charge in [0.15, 0.2) is 0 Å². The van der Waals surface area contributed by atoms with Crippen LogP contribution in [-0.4, -0.2) is 32.2 Å². The van der Waals surface area contributed by atoms with Gasteiger partial charge < -0.3 is 20.7 Å². The largest absolute Gasteiger partial charge is 0.397 e. The number of nitrogens with one attached hydrogen (secondary N) is 1. The van der Waals surface area contributed by atoms with Crippen LogP contribution in [0.15, 0.2) is 36.4 Å². The molecule has 0 unspecified atom stereocenters. The van der Waals surface area contributed by atoms with Crippen LogP contribution in [0.1, 0.15) is 15.9 Å². The van der Waals surface area contributed by atoms with Crippen LogP contribution in [0.25, 0.3) is 0 Å². The van der Waals surface area contributed by atoms with Gasteiger partial charge in [0.25, 0.3) is 5.91 Å². The van der Waals surface area contributed by atoms with Gasteiger partial charge in [0.2, 0.25) is 0 Å². The van der Waals surface area contributed by atoms with Crippen LogP contribution < -0.4 is 16.0 Å². The van der Waals surface area contributed by atoms with E-state index in [4.69, 9.17) is 22.1 Å². The summed E-state index contributed by atoms with van der Waals surface area (Å²) < 4.78 is 5.40. The van der Waals surface area contributed by atoms with Crippen LogP contribution in [-0.2, 0) is 4.74 Å². The molecular formula is C18H20ClN3O2. The first-order chi connectivity index (χ1) is 11.6. The molecule has 0 radical (unpaired) electrons. The van der Waals surface area contributed by atoms with E-state index in [0.717, 1.165) is 24.3 Å². The molecule has 1 saturated heterocycles. The summed E-state index contributed by atoms with van der Waals surface area (Å²) in [6, 6.07) is 10.7. The zero-order chi connectivity index (χ0) is 17.1. The van der Waals surface area contributed by atoms with Gasteiger partial charge in [0.05, 0.1) is 35.2 Å². The summed E-state index contributed by atoms with van der Waals surface area (Å²) in [4.78, 5) is 14.7. The lowest BCUT2D eigenvalue weighted by Crippen LogP contribution is -2.36. The van der Waals surface area contributed by atoms with Gasteiger partial charge in [0, 0.05) is 18.8 Å². The number of benzene rings is 2. The number of nitrogens with zero attached hydrogens (tertiary/aromatic N) is 1. The molecule has 0 atom stereocenters. The number of rotatable bonds is 3. The highest BCUT2D eigenvalue weighted by molar-refractivity contribution is 6.34. The number of carbonyl (C=O) groups excluding carboxylic acids is 1. The summed E-state index contributed by atoms with van der Waals surface area (Å²) in [5.41, 5.74) is 9.77. The van der Waals surface area contributed by atoms with E-state index in [9.17, 15) is 4.79 Å². The molecule has 6 heteroatoms. The molecule has 1 aliphatic heterocycles. The Morgan fingerprint density at radius 1 is 1.25 bits per heavy atom. The predicted molar refractivity (Wildman–Crippen MR) is 98.0 cm³/mol. The minimum absolute atomic E-state index is 0.274. The van der Waals surface area contributed by atoms with Gasteiger partial charge >= 0.3 is 0 Å². The van der Waals surface area contributed by atoms with Crippen molar-refractivity contribution in [3.8, 4) is 0 Å². The van der Waals surface area contributed by atoms with Gasteiger partial charge in [-0.1, -0.05) is 23.7 Å². The smallest absolute Gasteiger partial charge is 0.257 e. The molecule has 0 aromatic heterocycles. The number of halogens is 1. The number of carbonyl (C=O) groups is 1. The van der Waals surface area contributed by atoms with Crippen molar-refractivity contribution in [2.24, 2.45) is 0 Å². The predicted octanol–water partition coefficient (Wildman–Crippen LogP) is 3.32. The van der Waals surface area contributed by atoms with E-state index >= 15 is 0 Å². The van der Waals surface area contributed by atoms with Crippen molar-refractivity contribution in [2.45, 2.75) is 6.92 Å². The highest BCUT2D eigenvalue weighted by atomic mass is 35.5. The Hall–Kier alpha value is -2.24. The Balaban J connectivity index is 1.87. The van der Waals surface area contributed by atoms with Gasteiger partial charge in [-0.25, -0.2) is 0 Å². The summed E-state index contributed by atoms with van der Waals surface area (Å²) in [5.74, 6) is -0.274. The van der Waals surface area contributed by atoms with Crippen molar-refractivity contribution >= 4 is 34.6 Å². The van der Waals surface area contributed by atoms with Crippen LogP contribution in [0.4, 0.5) is 17.1 Å². The summed E-state index contributed by atoms with van der Waals surface area (Å²) in [7, 11) is 0. The molecule has 24 heavy (non-hydrogen) atoms. The van der Waals surface area contributed by atoms with Crippen molar-refractivity contribution in [1.29, 1.82) is 0 Å². The van der Waals surface area contributed by atoms with Gasteiger partial charge in [0.1, 0.15) is 0 Å². The number of hydrogen-bond acceptors (Lipinski definition) is 4. The Labute approximate surface area is 146 Å². The lowest BCUT2D eigenvalue weighted by molar-refractivity contribution is 0.102. The molecule has 2 aromatic carbocycles. The molecule has 0 aliphatic carbocycles. The Morgan fingerprint density at radius 3 is 2.67 bits per heavy atom. The first kappa shape index (κ1) is 16.6. The molecular weight excluding hydrogens is 326 g/mol. The minimum atomic E-state index is -0.274. The van der Waals surface area contributed by atoms with E-state index in [-0.39, 0.29) is 5.91 Å². The topological polar surface area (TPSA) is 67.6 Å². The van der Waals surface area contributed by atoms with Crippen molar-refractivity contribution in [3.63, 3.8) is 0 Å². The fourth-order valence-electron chi connectivity index (χ4n) is 2.81. The zero-order valence-electron chi connectivity index (χ0n) is 13.5. The fraction of sp³-hybridized carbons (Fsp3) is 0.278. The van der Waals surface area contributed by atoms with E-state index in [1.54, 1.807) is 24.3 Å². The molecule has 1 amide bonds. The van der Waals surface area contributed by atoms with Gasteiger partial charge in [-0.2, -0.15) is 0 Å². The molecule has 3 rings (SSSR count). The molecule has 0 spiro atoms. The lowest BCUT2D eigenvalue weighted by atomic mass is 10.1. The molecule has 1 fully saturated rings. The SMILES string of the molecule is Cc1cc(N)c(NC(=O)c2ccccc2Cl)cc1N1CCOCC1. The van der Waals surface area contributed by atoms with Gasteiger partial charge in [-0.05, 0) is 36.8 Å². The standard InChI is InChI=1S/C18H20ClN3O2/c1-12-10-15(20)16(11-17(12)22-6-8-24-9-7-22)21-18(23)13-4-2-3-5-14(13)19/h2-5,10-11H,6-9,20H2,1H3,(H,21,23). The second-order valence-corrected chi connectivity index (χ2v) is 6.17. The molecule has 1 aliphatic rings. The van der Waals surface area contributed by atoms with E-state index < -0.39 is 0 Å². The van der Waals surface area contributed by atoms with E-state index in [1.807, 2.05) is 19.1 Å². The molecule has 0 bridgehead atoms. The van der Waals surface area contributed by atoms with E-state index in [0.29, 0.717) is 35.2 Å². The summed E-state index contributed by atoms with van der Waals surface area (Å²) >= 11 is 6.09. The van der Waals surface area contributed by atoms with Crippen LogP contribution >= 0.6 is 11.6 Å². The third-order valence-corrected chi connectivity index (χ3v) is 4.42. The number of hydrogen-bond donors (Lipinski definition) is 2.